The molecule has 9 nitrogen and oxygen atoms in total. The minimum absolute atomic E-state index is 0.00243. The number of benzene rings is 3. The fourth-order valence-electron chi connectivity index (χ4n) is 5.03. The standard InChI is InChI=1S/C32H35IN2O7/c1-37-27-12-10-23(17-29(27)38-2)42-28-16-22(9-11-25(28)33)40-14-5-4-6-15-41-31-19-26-24(18-30(31)39-3)32(36)35-13-7-8-21(35)20-34-26/h9-12,16-21H,4-8,13-15H2,1-3H3/t21-/m0/s1. The number of fused-ring (bicyclic) bond motifs is 2. The summed E-state index contributed by atoms with van der Waals surface area (Å²) >= 11 is 2.24. The lowest BCUT2D eigenvalue weighted by Gasteiger charge is -2.20. The van der Waals surface area contributed by atoms with Crippen molar-refractivity contribution in [3.8, 4) is 40.2 Å². The summed E-state index contributed by atoms with van der Waals surface area (Å²) in [7, 11) is 4.78. The molecule has 0 radical (unpaired) electrons. The molecule has 2 aliphatic rings. The summed E-state index contributed by atoms with van der Waals surface area (Å²) in [6, 6.07) is 14.9. The van der Waals surface area contributed by atoms with Crippen LogP contribution in [0.3, 0.4) is 0 Å². The van der Waals surface area contributed by atoms with E-state index in [-0.39, 0.29) is 11.9 Å². The number of carbonyl (C=O) groups excluding carboxylic acids is 1. The average molecular weight is 687 g/mol. The van der Waals surface area contributed by atoms with Crippen molar-refractivity contribution in [1.29, 1.82) is 0 Å². The quantitative estimate of drug-likeness (QED) is 0.141. The van der Waals surface area contributed by atoms with Gasteiger partial charge in [0.15, 0.2) is 23.0 Å². The summed E-state index contributed by atoms with van der Waals surface area (Å²) in [5.74, 6) is 4.48. The van der Waals surface area contributed by atoms with Gasteiger partial charge in [0, 0.05) is 31.0 Å². The van der Waals surface area contributed by atoms with E-state index in [9.17, 15) is 4.79 Å². The molecule has 1 fully saturated rings. The smallest absolute Gasteiger partial charge is 0.256 e. The van der Waals surface area contributed by atoms with Crippen LogP contribution >= 0.6 is 22.6 Å². The van der Waals surface area contributed by atoms with E-state index in [2.05, 4.69) is 27.6 Å². The minimum Gasteiger partial charge on any atom is -0.493 e. The van der Waals surface area contributed by atoms with Crippen molar-refractivity contribution >= 4 is 40.4 Å². The first-order valence-electron chi connectivity index (χ1n) is 14.0. The maximum Gasteiger partial charge on any atom is 0.256 e. The van der Waals surface area contributed by atoms with Gasteiger partial charge in [0.2, 0.25) is 0 Å². The van der Waals surface area contributed by atoms with Gasteiger partial charge in [-0.15, -0.1) is 0 Å². The maximum atomic E-state index is 13.0. The second kappa shape index (κ2) is 14.0. The second-order valence-corrected chi connectivity index (χ2v) is 11.1. The van der Waals surface area contributed by atoms with Crippen molar-refractivity contribution in [3.05, 3.63) is 57.7 Å². The van der Waals surface area contributed by atoms with E-state index >= 15 is 0 Å². The van der Waals surface area contributed by atoms with E-state index in [1.165, 1.54) is 0 Å². The molecule has 42 heavy (non-hydrogen) atoms. The van der Waals surface area contributed by atoms with Gasteiger partial charge in [0.1, 0.15) is 17.2 Å². The lowest BCUT2D eigenvalue weighted by atomic mass is 10.1. The third-order valence-electron chi connectivity index (χ3n) is 7.26. The minimum atomic E-state index is 0.00243. The van der Waals surface area contributed by atoms with Gasteiger partial charge in [-0.05, 0) is 85.0 Å². The molecular weight excluding hydrogens is 651 g/mol. The van der Waals surface area contributed by atoms with Gasteiger partial charge >= 0.3 is 0 Å². The van der Waals surface area contributed by atoms with Gasteiger partial charge < -0.3 is 33.3 Å². The highest BCUT2D eigenvalue weighted by molar-refractivity contribution is 14.1. The van der Waals surface area contributed by atoms with Crippen molar-refractivity contribution in [3.63, 3.8) is 0 Å². The van der Waals surface area contributed by atoms with Crippen LogP contribution in [0.1, 0.15) is 42.5 Å². The van der Waals surface area contributed by atoms with Crippen molar-refractivity contribution in [2.75, 3.05) is 41.1 Å². The molecule has 1 atom stereocenters. The molecule has 5 rings (SSSR count). The zero-order chi connectivity index (χ0) is 29.5. The number of unbranched alkanes of at least 4 members (excludes halogenated alkanes) is 2. The van der Waals surface area contributed by atoms with Crippen molar-refractivity contribution in [2.45, 2.75) is 38.1 Å². The van der Waals surface area contributed by atoms with Crippen LogP contribution in [0.15, 0.2) is 53.5 Å². The van der Waals surface area contributed by atoms with Crippen LogP contribution in [0.4, 0.5) is 5.69 Å². The molecule has 1 amide bonds. The highest BCUT2D eigenvalue weighted by Crippen LogP contribution is 2.38. The molecule has 0 bridgehead atoms. The Bertz CT molecular complexity index is 1440. The van der Waals surface area contributed by atoms with Crippen molar-refractivity contribution in [1.82, 2.24) is 4.90 Å². The van der Waals surface area contributed by atoms with Gasteiger partial charge in [0.05, 0.1) is 55.4 Å². The van der Waals surface area contributed by atoms with E-state index in [1.807, 2.05) is 47.5 Å². The summed E-state index contributed by atoms with van der Waals surface area (Å²) < 4.78 is 35.3. The molecule has 0 saturated carbocycles. The monoisotopic (exact) mass is 686 g/mol. The van der Waals surface area contributed by atoms with Crippen LogP contribution in [0.25, 0.3) is 0 Å². The Morgan fingerprint density at radius 3 is 2.31 bits per heavy atom. The van der Waals surface area contributed by atoms with E-state index in [0.717, 1.165) is 48.0 Å². The van der Waals surface area contributed by atoms with Crippen molar-refractivity contribution < 1.29 is 33.2 Å². The van der Waals surface area contributed by atoms with E-state index in [4.69, 9.17) is 28.4 Å². The summed E-state index contributed by atoms with van der Waals surface area (Å²) in [6.07, 6.45) is 6.49. The first-order valence-corrected chi connectivity index (χ1v) is 15.1. The van der Waals surface area contributed by atoms with E-state index < -0.39 is 0 Å². The van der Waals surface area contributed by atoms with Crippen molar-refractivity contribution in [2.24, 2.45) is 4.99 Å². The Labute approximate surface area is 259 Å². The molecule has 0 N–H and O–H groups in total. The molecular formula is C32H35IN2O7. The molecule has 3 aromatic carbocycles. The zero-order valence-electron chi connectivity index (χ0n) is 24.1. The predicted molar refractivity (Wildman–Crippen MR) is 169 cm³/mol. The number of carbonyl (C=O) groups is 1. The molecule has 10 heteroatoms. The Hall–Kier alpha value is -3.67. The molecule has 2 aliphatic heterocycles. The molecule has 222 valence electrons. The fraction of sp³-hybridized carbons (Fsp3) is 0.375. The SMILES string of the molecule is COc1ccc(Oc2cc(OCCCCCOc3cc4c(cc3OC)C(=O)N3CCC[C@H]3C=N4)ccc2I)cc1OC. The average Bonchev–Trinajstić information content (AvgIpc) is 3.44. The molecule has 3 aromatic rings. The Morgan fingerprint density at radius 1 is 0.810 bits per heavy atom. The molecule has 0 aromatic heterocycles. The Balaban J connectivity index is 1.09. The number of rotatable bonds is 13. The topological polar surface area (TPSA) is 88.1 Å². The first kappa shape index (κ1) is 29.8. The second-order valence-electron chi connectivity index (χ2n) is 9.98. The van der Waals surface area contributed by atoms with Gasteiger partial charge in [0.25, 0.3) is 5.91 Å². The summed E-state index contributed by atoms with van der Waals surface area (Å²) in [5, 5.41) is 0. The lowest BCUT2D eigenvalue weighted by molar-refractivity contribution is 0.0774. The van der Waals surface area contributed by atoms with Gasteiger partial charge in [-0.3, -0.25) is 9.79 Å². The van der Waals surface area contributed by atoms with E-state index in [1.54, 1.807) is 33.5 Å². The summed E-state index contributed by atoms with van der Waals surface area (Å²) in [4.78, 5) is 19.5. The van der Waals surface area contributed by atoms with Crippen LogP contribution < -0.4 is 28.4 Å². The molecule has 2 heterocycles. The normalized spacial score (nSPS) is 15.5. The number of halogens is 1. The highest BCUT2D eigenvalue weighted by Gasteiger charge is 2.32. The Morgan fingerprint density at radius 2 is 1.52 bits per heavy atom. The number of aliphatic imine (C=N–C) groups is 1. The van der Waals surface area contributed by atoms with Gasteiger partial charge in [-0.1, -0.05) is 0 Å². The van der Waals surface area contributed by atoms with E-state index in [0.29, 0.717) is 59.0 Å². The molecule has 0 unspecified atom stereocenters. The molecule has 1 saturated heterocycles. The number of methoxy groups -OCH3 is 3. The summed E-state index contributed by atoms with van der Waals surface area (Å²) in [5.41, 5.74) is 1.19. The number of nitrogens with zero attached hydrogens (tertiary/aromatic N) is 2. The first-order chi connectivity index (χ1) is 20.5. The van der Waals surface area contributed by atoms with Crippen LogP contribution in [-0.4, -0.2) is 64.2 Å². The largest absolute Gasteiger partial charge is 0.493 e. The third-order valence-corrected chi connectivity index (χ3v) is 8.15. The van der Waals surface area contributed by atoms with Crippen LogP contribution in [-0.2, 0) is 0 Å². The number of hydrogen-bond donors (Lipinski definition) is 0. The number of amides is 1. The molecule has 0 spiro atoms. The highest BCUT2D eigenvalue weighted by atomic mass is 127. The van der Waals surface area contributed by atoms with Gasteiger partial charge in [-0.2, -0.15) is 0 Å². The van der Waals surface area contributed by atoms with Crippen LogP contribution in [0.5, 0.6) is 40.2 Å². The molecule has 0 aliphatic carbocycles. The van der Waals surface area contributed by atoms with Crippen LogP contribution in [0, 0.1) is 3.57 Å². The lowest BCUT2D eigenvalue weighted by Crippen LogP contribution is -2.35. The number of ether oxygens (including phenoxy) is 6. The van der Waals surface area contributed by atoms with Crippen LogP contribution in [0.2, 0.25) is 0 Å². The maximum absolute atomic E-state index is 13.0. The van der Waals surface area contributed by atoms with Gasteiger partial charge in [-0.25, -0.2) is 0 Å². The zero-order valence-corrected chi connectivity index (χ0v) is 26.2. The summed E-state index contributed by atoms with van der Waals surface area (Å²) in [6.45, 7) is 1.86. The fourth-order valence-corrected chi connectivity index (χ4v) is 5.48. The predicted octanol–water partition coefficient (Wildman–Crippen LogP) is 7.06. The number of hydrogen-bond acceptors (Lipinski definition) is 8. The third kappa shape index (κ3) is 6.86. The Kier molecular flexibility index (Phi) is 9.93.